The van der Waals surface area contributed by atoms with E-state index in [0.717, 1.165) is 24.4 Å². The zero-order chi connectivity index (χ0) is 13.1. The summed E-state index contributed by atoms with van der Waals surface area (Å²) in [6, 6.07) is 5.87. The van der Waals surface area contributed by atoms with Crippen LogP contribution < -0.4 is 5.32 Å². The molecule has 0 unspecified atom stereocenters. The first-order valence-electron chi connectivity index (χ1n) is 6.09. The Kier molecular flexibility index (Phi) is 3.65. The van der Waals surface area contributed by atoms with Gasteiger partial charge in [0.05, 0.1) is 7.11 Å². The maximum atomic E-state index is 11.4. The van der Waals surface area contributed by atoms with Crippen molar-refractivity contribution < 1.29 is 9.53 Å². The normalized spacial score (nSPS) is 18.4. The van der Waals surface area contributed by atoms with E-state index in [-0.39, 0.29) is 12.0 Å². The Morgan fingerprint density at radius 3 is 2.89 bits per heavy atom. The first kappa shape index (κ1) is 12.6. The largest absolute Gasteiger partial charge is 0.467 e. The van der Waals surface area contributed by atoms with E-state index in [9.17, 15) is 4.79 Å². The van der Waals surface area contributed by atoms with Crippen LogP contribution in [0, 0.1) is 13.8 Å². The number of aliphatic imine (C=N–C) groups is 1. The molecule has 0 bridgehead atoms. The van der Waals surface area contributed by atoms with Gasteiger partial charge in [-0.1, -0.05) is 17.7 Å². The topological polar surface area (TPSA) is 50.7 Å². The van der Waals surface area contributed by atoms with Gasteiger partial charge in [-0.25, -0.2) is 4.79 Å². The van der Waals surface area contributed by atoms with Gasteiger partial charge in [0.2, 0.25) is 0 Å². The summed E-state index contributed by atoms with van der Waals surface area (Å²) in [6.07, 6.45) is 1.51. The molecule has 2 rings (SSSR count). The van der Waals surface area contributed by atoms with Gasteiger partial charge in [0.25, 0.3) is 0 Å². The molecule has 0 amide bonds. The average molecular weight is 246 g/mol. The number of hydrogen-bond acceptors (Lipinski definition) is 4. The van der Waals surface area contributed by atoms with E-state index < -0.39 is 0 Å². The molecule has 0 aliphatic carbocycles. The second-order valence-electron chi connectivity index (χ2n) is 4.60. The average Bonchev–Trinajstić information content (AvgIpc) is 2.80. The van der Waals surface area contributed by atoms with Crippen molar-refractivity contribution in [2.45, 2.75) is 32.7 Å². The molecular weight excluding hydrogens is 228 g/mol. The zero-order valence-electron chi connectivity index (χ0n) is 11.0. The maximum absolute atomic E-state index is 11.4. The minimum atomic E-state index is -0.344. The van der Waals surface area contributed by atoms with Crippen LogP contribution in [0.1, 0.15) is 24.0 Å². The maximum Gasteiger partial charge on any atom is 0.330 e. The number of nitrogens with zero attached hydrogens (tertiary/aromatic N) is 1. The number of anilines is 1. The van der Waals surface area contributed by atoms with Crippen LogP contribution in [0.2, 0.25) is 0 Å². The molecular formula is C14H18N2O2. The zero-order valence-corrected chi connectivity index (χ0v) is 11.0. The van der Waals surface area contributed by atoms with Crippen LogP contribution in [-0.4, -0.2) is 25.0 Å². The second kappa shape index (κ2) is 5.21. The summed E-state index contributed by atoms with van der Waals surface area (Å²) in [5.41, 5.74) is 3.46. The number of nitrogens with one attached hydrogen (secondary N) is 1. The predicted octanol–water partition coefficient (Wildman–Crippen LogP) is 2.45. The number of esters is 1. The highest BCUT2D eigenvalue weighted by Crippen LogP contribution is 2.20. The fourth-order valence-electron chi connectivity index (χ4n) is 2.10. The minimum Gasteiger partial charge on any atom is -0.467 e. The first-order chi connectivity index (χ1) is 8.60. The van der Waals surface area contributed by atoms with Crippen molar-refractivity contribution in [1.82, 2.24) is 0 Å². The Labute approximate surface area is 107 Å². The third kappa shape index (κ3) is 2.70. The molecule has 0 saturated carbocycles. The van der Waals surface area contributed by atoms with E-state index >= 15 is 0 Å². The highest BCUT2D eigenvalue weighted by molar-refractivity contribution is 5.99. The lowest BCUT2D eigenvalue weighted by Crippen LogP contribution is -2.17. The van der Waals surface area contributed by atoms with Crippen LogP contribution in [0.5, 0.6) is 0 Å². The molecule has 18 heavy (non-hydrogen) atoms. The molecule has 4 nitrogen and oxygen atoms in total. The lowest BCUT2D eigenvalue weighted by molar-refractivity contribution is -0.141. The molecule has 0 saturated heterocycles. The van der Waals surface area contributed by atoms with Gasteiger partial charge in [-0.05, 0) is 31.9 Å². The molecule has 0 spiro atoms. The number of benzene rings is 1. The van der Waals surface area contributed by atoms with Crippen LogP contribution in [0.3, 0.4) is 0 Å². The molecule has 0 aromatic heterocycles. The van der Waals surface area contributed by atoms with E-state index in [4.69, 9.17) is 4.74 Å². The molecule has 1 aromatic carbocycles. The van der Waals surface area contributed by atoms with Crippen molar-refractivity contribution >= 4 is 17.5 Å². The molecule has 1 aliphatic rings. The van der Waals surface area contributed by atoms with Crippen molar-refractivity contribution in [3.05, 3.63) is 29.3 Å². The Morgan fingerprint density at radius 1 is 1.44 bits per heavy atom. The third-order valence-corrected chi connectivity index (χ3v) is 3.10. The molecule has 96 valence electrons. The SMILES string of the molecule is COC(=O)[C@@H]1CCC(Nc2ccc(C)cc2C)=N1. The quantitative estimate of drug-likeness (QED) is 0.815. The van der Waals surface area contributed by atoms with Crippen molar-refractivity contribution in [2.24, 2.45) is 4.99 Å². The van der Waals surface area contributed by atoms with E-state index in [2.05, 4.69) is 36.3 Å². The van der Waals surface area contributed by atoms with E-state index in [1.54, 1.807) is 0 Å². The number of methoxy groups -OCH3 is 1. The van der Waals surface area contributed by atoms with Crippen molar-refractivity contribution in [3.8, 4) is 0 Å². The molecule has 1 atom stereocenters. The number of carbonyl (C=O) groups excluding carboxylic acids is 1. The van der Waals surface area contributed by atoms with E-state index in [0.29, 0.717) is 0 Å². The predicted molar refractivity (Wildman–Crippen MR) is 72.0 cm³/mol. The smallest absolute Gasteiger partial charge is 0.330 e. The summed E-state index contributed by atoms with van der Waals surface area (Å²) in [6.45, 7) is 4.12. The fraction of sp³-hybridized carbons (Fsp3) is 0.429. The number of hydrogen-bond donors (Lipinski definition) is 1. The Balaban J connectivity index is 2.08. The standard InChI is InChI=1S/C14H18N2O2/c1-9-4-5-11(10(2)8-9)15-13-7-6-12(16-13)14(17)18-3/h4-5,8,12H,6-7H2,1-3H3,(H,15,16)/t12-/m0/s1. The first-order valence-corrected chi connectivity index (χ1v) is 6.09. The van der Waals surface area contributed by atoms with Crippen molar-refractivity contribution in [3.63, 3.8) is 0 Å². The number of carbonyl (C=O) groups is 1. The summed E-state index contributed by atoms with van der Waals surface area (Å²) in [7, 11) is 1.40. The number of ether oxygens (including phenoxy) is 1. The van der Waals surface area contributed by atoms with Crippen LogP contribution >= 0.6 is 0 Å². The van der Waals surface area contributed by atoms with Crippen LogP contribution in [-0.2, 0) is 9.53 Å². The number of amidine groups is 1. The molecule has 4 heteroatoms. The van der Waals surface area contributed by atoms with Crippen molar-refractivity contribution in [1.29, 1.82) is 0 Å². The van der Waals surface area contributed by atoms with Gasteiger partial charge >= 0.3 is 5.97 Å². The van der Waals surface area contributed by atoms with Crippen LogP contribution in [0.15, 0.2) is 23.2 Å². The lowest BCUT2D eigenvalue weighted by Gasteiger charge is -2.09. The summed E-state index contributed by atoms with van der Waals surface area (Å²) in [5, 5.41) is 3.29. The van der Waals surface area contributed by atoms with Gasteiger partial charge in [0.15, 0.2) is 0 Å². The van der Waals surface area contributed by atoms with E-state index in [1.165, 1.54) is 18.2 Å². The molecule has 1 N–H and O–H groups in total. The summed E-state index contributed by atoms with van der Waals surface area (Å²) in [5.74, 6) is 0.602. The highest BCUT2D eigenvalue weighted by Gasteiger charge is 2.25. The number of aryl methyl sites for hydroxylation is 2. The fourth-order valence-corrected chi connectivity index (χ4v) is 2.10. The minimum absolute atomic E-state index is 0.257. The molecule has 0 fully saturated rings. The summed E-state index contributed by atoms with van der Waals surface area (Å²) in [4.78, 5) is 15.7. The van der Waals surface area contributed by atoms with Gasteiger partial charge in [0, 0.05) is 12.1 Å². The van der Waals surface area contributed by atoms with Crippen molar-refractivity contribution in [2.75, 3.05) is 12.4 Å². The van der Waals surface area contributed by atoms with Crippen LogP contribution in [0.25, 0.3) is 0 Å². The molecule has 0 radical (unpaired) electrons. The number of rotatable bonds is 2. The Hall–Kier alpha value is -1.84. The van der Waals surface area contributed by atoms with Crippen LogP contribution in [0.4, 0.5) is 5.69 Å². The molecule has 1 aromatic rings. The monoisotopic (exact) mass is 246 g/mol. The van der Waals surface area contributed by atoms with Gasteiger partial charge < -0.3 is 10.1 Å². The van der Waals surface area contributed by atoms with Gasteiger partial charge in [0.1, 0.15) is 11.9 Å². The van der Waals surface area contributed by atoms with Gasteiger partial charge in [-0.15, -0.1) is 0 Å². The Morgan fingerprint density at radius 2 is 2.22 bits per heavy atom. The second-order valence-corrected chi connectivity index (χ2v) is 4.60. The highest BCUT2D eigenvalue weighted by atomic mass is 16.5. The molecule has 1 heterocycles. The summed E-state index contributed by atoms with van der Waals surface area (Å²) < 4.78 is 4.70. The summed E-state index contributed by atoms with van der Waals surface area (Å²) >= 11 is 0. The van der Waals surface area contributed by atoms with Gasteiger partial charge in [-0.3, -0.25) is 4.99 Å². The Bertz CT molecular complexity index is 495. The van der Waals surface area contributed by atoms with E-state index in [1.807, 2.05) is 6.07 Å². The van der Waals surface area contributed by atoms with Gasteiger partial charge in [-0.2, -0.15) is 0 Å². The molecule has 1 aliphatic heterocycles. The third-order valence-electron chi connectivity index (χ3n) is 3.10. The lowest BCUT2D eigenvalue weighted by atomic mass is 10.1.